The monoisotopic (exact) mass is 342 g/mol. The summed E-state index contributed by atoms with van der Waals surface area (Å²) in [6.45, 7) is 1.23. The highest BCUT2D eigenvalue weighted by molar-refractivity contribution is 5.97. The molecule has 7 heteroatoms. The molecule has 2 N–H and O–H groups in total. The van der Waals surface area contributed by atoms with Crippen LogP contribution in [0.2, 0.25) is 0 Å². The van der Waals surface area contributed by atoms with Crippen molar-refractivity contribution in [1.29, 1.82) is 0 Å². The molecule has 2 aromatic rings. The van der Waals surface area contributed by atoms with Crippen molar-refractivity contribution in [3.05, 3.63) is 24.3 Å². The van der Waals surface area contributed by atoms with E-state index in [2.05, 4.69) is 15.3 Å². The van der Waals surface area contributed by atoms with Gasteiger partial charge in [-0.05, 0) is 44.2 Å². The van der Waals surface area contributed by atoms with Gasteiger partial charge in [-0.1, -0.05) is 12.1 Å². The molecule has 3 heterocycles. The van der Waals surface area contributed by atoms with E-state index in [-0.39, 0.29) is 17.9 Å². The summed E-state index contributed by atoms with van der Waals surface area (Å²) in [5.41, 5.74) is 1.67. The van der Waals surface area contributed by atoms with E-state index in [1.54, 1.807) is 4.90 Å². The number of carbonyl (C=O) groups excluding carboxylic acids is 2. The molecule has 0 saturated carbocycles. The maximum Gasteiger partial charge on any atom is 0.252 e. The number of anilines is 1. The Labute approximate surface area is 145 Å². The van der Waals surface area contributed by atoms with Gasteiger partial charge in [0.05, 0.1) is 11.0 Å². The highest BCUT2D eigenvalue weighted by Crippen LogP contribution is 2.23. The minimum Gasteiger partial charge on any atom is -0.368 e. The van der Waals surface area contributed by atoms with Crippen LogP contribution in [0.3, 0.4) is 0 Å². The SMILES string of the molecule is O=C(Nc1nc2ccccc2[nH]1)[C@@H]1CCCCN1C(=O)[C@H]1CCCO1. The first-order valence-electron chi connectivity index (χ1n) is 8.90. The van der Waals surface area contributed by atoms with Crippen LogP contribution < -0.4 is 5.32 Å². The molecule has 0 unspecified atom stereocenters. The molecule has 2 aliphatic rings. The van der Waals surface area contributed by atoms with Crippen molar-refractivity contribution >= 4 is 28.8 Å². The lowest BCUT2D eigenvalue weighted by Gasteiger charge is -2.35. The number of aromatic nitrogens is 2. The van der Waals surface area contributed by atoms with Gasteiger partial charge in [-0.25, -0.2) is 4.98 Å². The maximum atomic E-state index is 12.8. The molecular weight excluding hydrogens is 320 g/mol. The van der Waals surface area contributed by atoms with Crippen LogP contribution in [0.25, 0.3) is 11.0 Å². The molecule has 2 aliphatic heterocycles. The Kier molecular flexibility index (Phi) is 4.40. The second kappa shape index (κ2) is 6.84. The molecule has 1 aromatic carbocycles. The van der Waals surface area contributed by atoms with E-state index in [0.717, 1.165) is 36.7 Å². The van der Waals surface area contributed by atoms with Crippen molar-refractivity contribution in [3.63, 3.8) is 0 Å². The predicted molar refractivity (Wildman–Crippen MR) is 93.0 cm³/mol. The van der Waals surface area contributed by atoms with Crippen LogP contribution in [-0.4, -0.2) is 52.0 Å². The van der Waals surface area contributed by atoms with Gasteiger partial charge in [-0.3, -0.25) is 14.9 Å². The number of carbonyl (C=O) groups is 2. The number of benzene rings is 1. The number of hydrogen-bond acceptors (Lipinski definition) is 4. The smallest absolute Gasteiger partial charge is 0.252 e. The summed E-state index contributed by atoms with van der Waals surface area (Å²) < 4.78 is 5.51. The summed E-state index contributed by atoms with van der Waals surface area (Å²) in [6.07, 6.45) is 3.79. The quantitative estimate of drug-likeness (QED) is 0.894. The van der Waals surface area contributed by atoms with Crippen LogP contribution >= 0.6 is 0 Å². The number of imidazole rings is 1. The summed E-state index contributed by atoms with van der Waals surface area (Å²) in [5, 5.41) is 2.84. The van der Waals surface area contributed by atoms with Crippen LogP contribution in [0.1, 0.15) is 32.1 Å². The summed E-state index contributed by atoms with van der Waals surface area (Å²) >= 11 is 0. The van der Waals surface area contributed by atoms with Crippen LogP contribution in [0.4, 0.5) is 5.95 Å². The van der Waals surface area contributed by atoms with Crippen LogP contribution in [0.15, 0.2) is 24.3 Å². The molecular formula is C18H22N4O3. The largest absolute Gasteiger partial charge is 0.368 e. The van der Waals surface area contributed by atoms with Crippen LogP contribution in [0.5, 0.6) is 0 Å². The molecule has 2 saturated heterocycles. The fraction of sp³-hybridized carbons (Fsp3) is 0.500. The molecule has 2 fully saturated rings. The number of rotatable bonds is 3. The third-order valence-electron chi connectivity index (χ3n) is 4.92. The van der Waals surface area contributed by atoms with Crippen LogP contribution in [0, 0.1) is 0 Å². The Balaban J connectivity index is 1.49. The second-order valence-corrected chi connectivity index (χ2v) is 6.64. The van der Waals surface area contributed by atoms with Crippen molar-refractivity contribution in [2.45, 2.75) is 44.2 Å². The lowest BCUT2D eigenvalue weighted by Crippen LogP contribution is -2.53. The number of likely N-dealkylation sites (tertiary alicyclic amines) is 1. The number of H-pyrrole nitrogens is 1. The van der Waals surface area contributed by atoms with Crippen molar-refractivity contribution in [1.82, 2.24) is 14.9 Å². The van der Waals surface area contributed by atoms with Crippen molar-refractivity contribution in [2.75, 3.05) is 18.5 Å². The molecule has 1 aromatic heterocycles. The van der Waals surface area contributed by atoms with Gasteiger partial charge in [0.25, 0.3) is 5.91 Å². The number of piperidine rings is 1. The van der Waals surface area contributed by atoms with E-state index in [9.17, 15) is 9.59 Å². The highest BCUT2D eigenvalue weighted by atomic mass is 16.5. The normalized spacial score (nSPS) is 23.8. The van der Waals surface area contributed by atoms with Gasteiger partial charge in [-0.2, -0.15) is 0 Å². The van der Waals surface area contributed by atoms with Crippen molar-refractivity contribution in [3.8, 4) is 0 Å². The van der Waals surface area contributed by atoms with Gasteiger partial charge in [0.1, 0.15) is 12.1 Å². The summed E-state index contributed by atoms with van der Waals surface area (Å²) in [5.74, 6) is 0.174. The number of fused-ring (bicyclic) bond motifs is 1. The third-order valence-corrected chi connectivity index (χ3v) is 4.92. The molecule has 0 radical (unpaired) electrons. The summed E-state index contributed by atoms with van der Waals surface area (Å²) in [7, 11) is 0. The minimum atomic E-state index is -0.460. The number of nitrogens with zero attached hydrogens (tertiary/aromatic N) is 2. The molecule has 132 valence electrons. The third kappa shape index (κ3) is 3.24. The zero-order valence-corrected chi connectivity index (χ0v) is 14.0. The van der Waals surface area contributed by atoms with E-state index < -0.39 is 6.04 Å². The van der Waals surface area contributed by atoms with E-state index in [1.807, 2.05) is 24.3 Å². The van der Waals surface area contributed by atoms with Gasteiger partial charge in [0, 0.05) is 13.2 Å². The first-order valence-corrected chi connectivity index (χ1v) is 8.90. The molecule has 2 amide bonds. The number of nitrogens with one attached hydrogen (secondary N) is 2. The average molecular weight is 342 g/mol. The Hall–Kier alpha value is -2.41. The van der Waals surface area contributed by atoms with Gasteiger partial charge < -0.3 is 14.6 Å². The number of para-hydroxylation sites is 2. The Bertz CT molecular complexity index is 748. The van der Waals surface area contributed by atoms with E-state index in [0.29, 0.717) is 25.5 Å². The molecule has 2 atom stereocenters. The molecule has 0 aliphatic carbocycles. The molecule has 4 rings (SSSR count). The van der Waals surface area contributed by atoms with E-state index >= 15 is 0 Å². The standard InChI is InChI=1S/C18H22N4O3/c23-16(21-18-19-12-6-1-2-7-13(12)20-18)14-8-3-4-10-22(14)17(24)15-9-5-11-25-15/h1-2,6-7,14-15H,3-5,8-11H2,(H2,19,20,21,23)/t14-,15+/m0/s1. The Morgan fingerprint density at radius 2 is 2.08 bits per heavy atom. The van der Waals surface area contributed by atoms with E-state index in [4.69, 9.17) is 4.74 Å². The predicted octanol–water partition coefficient (Wildman–Crippen LogP) is 2.06. The first kappa shape index (κ1) is 16.1. The Morgan fingerprint density at radius 3 is 2.88 bits per heavy atom. The molecule has 25 heavy (non-hydrogen) atoms. The molecule has 7 nitrogen and oxygen atoms in total. The fourth-order valence-electron chi connectivity index (χ4n) is 3.64. The minimum absolute atomic E-state index is 0.0537. The lowest BCUT2D eigenvalue weighted by atomic mass is 10.00. The maximum absolute atomic E-state index is 12.8. The number of aromatic amines is 1. The van der Waals surface area contributed by atoms with Gasteiger partial charge >= 0.3 is 0 Å². The van der Waals surface area contributed by atoms with Crippen molar-refractivity contribution in [2.24, 2.45) is 0 Å². The molecule has 0 bridgehead atoms. The summed E-state index contributed by atoms with van der Waals surface area (Å²) in [4.78, 5) is 34.6. The zero-order chi connectivity index (χ0) is 17.2. The highest BCUT2D eigenvalue weighted by Gasteiger charge is 2.37. The number of hydrogen-bond donors (Lipinski definition) is 2. The summed E-state index contributed by atoms with van der Waals surface area (Å²) in [6, 6.07) is 7.15. The Morgan fingerprint density at radius 1 is 1.20 bits per heavy atom. The topological polar surface area (TPSA) is 87.3 Å². The molecule has 0 spiro atoms. The van der Waals surface area contributed by atoms with Crippen molar-refractivity contribution < 1.29 is 14.3 Å². The first-order chi connectivity index (χ1) is 12.2. The number of ether oxygens (including phenoxy) is 1. The number of amides is 2. The van der Waals surface area contributed by atoms with E-state index in [1.165, 1.54) is 0 Å². The lowest BCUT2D eigenvalue weighted by molar-refractivity contribution is -0.148. The fourth-order valence-corrected chi connectivity index (χ4v) is 3.64. The zero-order valence-electron chi connectivity index (χ0n) is 14.0. The van der Waals surface area contributed by atoms with Gasteiger partial charge in [-0.15, -0.1) is 0 Å². The second-order valence-electron chi connectivity index (χ2n) is 6.64. The van der Waals surface area contributed by atoms with Gasteiger partial charge in [0.15, 0.2) is 0 Å². The van der Waals surface area contributed by atoms with Crippen LogP contribution in [-0.2, 0) is 14.3 Å². The average Bonchev–Trinajstić information content (AvgIpc) is 3.30. The van der Waals surface area contributed by atoms with Gasteiger partial charge in [0.2, 0.25) is 11.9 Å².